The van der Waals surface area contributed by atoms with Crippen molar-refractivity contribution < 1.29 is 14.6 Å². The van der Waals surface area contributed by atoms with Crippen molar-refractivity contribution in [3.63, 3.8) is 0 Å². The number of carboxylic acid groups (broad SMARTS) is 1. The largest absolute Gasteiger partial charge is 0.492 e. The fraction of sp³-hybridized carbons (Fsp3) is 0.462. The summed E-state index contributed by atoms with van der Waals surface area (Å²) < 4.78 is 5.61. The predicted octanol–water partition coefficient (Wildman–Crippen LogP) is 2.83. The van der Waals surface area contributed by atoms with E-state index in [0.717, 1.165) is 17.1 Å². The molecular formula is C13H18O3S. The minimum atomic E-state index is -0.739. The van der Waals surface area contributed by atoms with E-state index in [0.29, 0.717) is 12.4 Å². The van der Waals surface area contributed by atoms with Gasteiger partial charge in [0, 0.05) is 11.5 Å². The molecule has 0 amide bonds. The number of aryl methyl sites for hydroxylation is 1. The Kier molecular flexibility index (Phi) is 5.91. The summed E-state index contributed by atoms with van der Waals surface area (Å²) in [6, 6.07) is 7.88. The molecule has 0 saturated heterocycles. The molecule has 0 aliphatic carbocycles. The van der Waals surface area contributed by atoms with Crippen LogP contribution in [0.5, 0.6) is 5.75 Å². The van der Waals surface area contributed by atoms with Crippen LogP contribution in [0.1, 0.15) is 12.5 Å². The van der Waals surface area contributed by atoms with E-state index >= 15 is 0 Å². The van der Waals surface area contributed by atoms with Crippen molar-refractivity contribution >= 4 is 17.7 Å². The third kappa shape index (κ3) is 5.13. The molecule has 0 aromatic heterocycles. The summed E-state index contributed by atoms with van der Waals surface area (Å²) >= 11 is 1.61. The number of benzene rings is 1. The Bertz CT molecular complexity index is 365. The molecule has 1 atom stereocenters. The first-order chi connectivity index (χ1) is 8.11. The SMILES string of the molecule is Cc1ccccc1OCCSCC(C)C(=O)O. The summed E-state index contributed by atoms with van der Waals surface area (Å²) in [7, 11) is 0. The molecule has 4 heteroatoms. The van der Waals surface area contributed by atoms with Gasteiger partial charge in [-0.1, -0.05) is 25.1 Å². The fourth-order valence-electron chi connectivity index (χ4n) is 1.26. The number of aliphatic carboxylic acids is 1. The van der Waals surface area contributed by atoms with Gasteiger partial charge in [-0.05, 0) is 18.6 Å². The van der Waals surface area contributed by atoms with E-state index in [1.54, 1.807) is 18.7 Å². The lowest BCUT2D eigenvalue weighted by Crippen LogP contribution is -2.13. The molecule has 17 heavy (non-hydrogen) atoms. The summed E-state index contributed by atoms with van der Waals surface area (Å²) in [4.78, 5) is 10.6. The van der Waals surface area contributed by atoms with Crippen LogP contribution in [0.15, 0.2) is 24.3 Å². The molecule has 1 rings (SSSR count). The molecule has 0 aliphatic rings. The summed E-state index contributed by atoms with van der Waals surface area (Å²) in [6.45, 7) is 4.34. The van der Waals surface area contributed by atoms with Crippen LogP contribution < -0.4 is 4.74 Å². The highest BCUT2D eigenvalue weighted by Crippen LogP contribution is 2.16. The van der Waals surface area contributed by atoms with Crippen LogP contribution in [0.25, 0.3) is 0 Å². The number of rotatable bonds is 7. The van der Waals surface area contributed by atoms with Crippen molar-refractivity contribution in [3.8, 4) is 5.75 Å². The standard InChI is InChI=1S/C13H18O3S/c1-10-5-3-4-6-12(10)16-7-8-17-9-11(2)13(14)15/h3-6,11H,7-9H2,1-2H3,(H,14,15). The van der Waals surface area contributed by atoms with Crippen molar-refractivity contribution in [2.45, 2.75) is 13.8 Å². The maximum absolute atomic E-state index is 10.6. The fourth-order valence-corrected chi connectivity index (χ4v) is 2.12. The maximum Gasteiger partial charge on any atom is 0.307 e. The van der Waals surface area contributed by atoms with E-state index < -0.39 is 5.97 Å². The summed E-state index contributed by atoms with van der Waals surface area (Å²) in [5, 5.41) is 8.71. The molecule has 94 valence electrons. The third-order valence-electron chi connectivity index (χ3n) is 2.37. The van der Waals surface area contributed by atoms with Crippen LogP contribution in [0, 0.1) is 12.8 Å². The van der Waals surface area contributed by atoms with Crippen LogP contribution in [0.3, 0.4) is 0 Å². The molecule has 0 radical (unpaired) electrons. The number of ether oxygens (including phenoxy) is 1. The summed E-state index contributed by atoms with van der Waals surface area (Å²) in [5.74, 6) is 1.31. The first kappa shape index (κ1) is 13.9. The molecule has 1 N–H and O–H groups in total. The zero-order valence-electron chi connectivity index (χ0n) is 10.2. The Hall–Kier alpha value is -1.16. The number of carbonyl (C=O) groups is 1. The van der Waals surface area contributed by atoms with Gasteiger partial charge in [0.1, 0.15) is 5.75 Å². The predicted molar refractivity (Wildman–Crippen MR) is 70.8 cm³/mol. The molecule has 0 aliphatic heterocycles. The minimum absolute atomic E-state index is 0.293. The Balaban J connectivity index is 2.17. The highest BCUT2D eigenvalue weighted by atomic mass is 32.2. The number of para-hydroxylation sites is 1. The molecule has 0 fully saturated rings. The minimum Gasteiger partial charge on any atom is -0.492 e. The number of hydrogen-bond donors (Lipinski definition) is 1. The molecule has 1 unspecified atom stereocenters. The maximum atomic E-state index is 10.6. The summed E-state index contributed by atoms with van der Waals surface area (Å²) in [5.41, 5.74) is 1.12. The average Bonchev–Trinajstić information content (AvgIpc) is 2.30. The Labute approximate surface area is 106 Å². The average molecular weight is 254 g/mol. The van der Waals surface area contributed by atoms with Crippen molar-refractivity contribution in [3.05, 3.63) is 29.8 Å². The van der Waals surface area contributed by atoms with Crippen molar-refractivity contribution in [1.29, 1.82) is 0 Å². The monoisotopic (exact) mass is 254 g/mol. The second-order valence-corrected chi connectivity index (χ2v) is 5.08. The highest BCUT2D eigenvalue weighted by molar-refractivity contribution is 7.99. The number of carboxylic acids is 1. The van der Waals surface area contributed by atoms with E-state index in [2.05, 4.69) is 0 Å². The van der Waals surface area contributed by atoms with Crippen LogP contribution >= 0.6 is 11.8 Å². The topological polar surface area (TPSA) is 46.5 Å². The zero-order valence-corrected chi connectivity index (χ0v) is 11.0. The third-order valence-corrected chi connectivity index (χ3v) is 3.56. The molecular weight excluding hydrogens is 236 g/mol. The van der Waals surface area contributed by atoms with Gasteiger partial charge >= 0.3 is 5.97 Å². The van der Waals surface area contributed by atoms with E-state index in [9.17, 15) is 4.79 Å². The Morgan fingerprint density at radius 2 is 2.18 bits per heavy atom. The van der Waals surface area contributed by atoms with E-state index in [-0.39, 0.29) is 5.92 Å². The van der Waals surface area contributed by atoms with Crippen LogP contribution in [-0.2, 0) is 4.79 Å². The van der Waals surface area contributed by atoms with Gasteiger partial charge in [0.05, 0.1) is 12.5 Å². The second-order valence-electron chi connectivity index (χ2n) is 3.93. The van der Waals surface area contributed by atoms with Crippen molar-refractivity contribution in [2.24, 2.45) is 5.92 Å². The molecule has 0 bridgehead atoms. The van der Waals surface area contributed by atoms with E-state index in [1.165, 1.54) is 0 Å². The highest BCUT2D eigenvalue weighted by Gasteiger charge is 2.09. The van der Waals surface area contributed by atoms with E-state index in [1.807, 2.05) is 31.2 Å². The molecule has 0 heterocycles. The number of hydrogen-bond acceptors (Lipinski definition) is 3. The molecule has 1 aromatic rings. The van der Waals surface area contributed by atoms with E-state index in [4.69, 9.17) is 9.84 Å². The van der Waals surface area contributed by atoms with Gasteiger partial charge in [-0.3, -0.25) is 4.79 Å². The normalized spacial score (nSPS) is 12.1. The van der Waals surface area contributed by atoms with Gasteiger partial charge in [0.2, 0.25) is 0 Å². The van der Waals surface area contributed by atoms with Gasteiger partial charge in [-0.25, -0.2) is 0 Å². The molecule has 1 aromatic carbocycles. The van der Waals surface area contributed by atoms with Crippen molar-refractivity contribution in [2.75, 3.05) is 18.1 Å². The lowest BCUT2D eigenvalue weighted by atomic mass is 10.2. The zero-order chi connectivity index (χ0) is 12.7. The molecule has 3 nitrogen and oxygen atoms in total. The second kappa shape index (κ2) is 7.22. The van der Waals surface area contributed by atoms with Gasteiger partial charge in [-0.2, -0.15) is 11.8 Å². The lowest BCUT2D eigenvalue weighted by molar-refractivity contribution is -0.140. The Morgan fingerprint density at radius 1 is 1.47 bits per heavy atom. The lowest BCUT2D eigenvalue weighted by Gasteiger charge is -2.09. The van der Waals surface area contributed by atoms with Gasteiger partial charge in [-0.15, -0.1) is 0 Å². The molecule has 0 spiro atoms. The number of thioether (sulfide) groups is 1. The van der Waals surface area contributed by atoms with Crippen LogP contribution in [0.4, 0.5) is 0 Å². The first-order valence-electron chi connectivity index (χ1n) is 5.60. The van der Waals surface area contributed by atoms with Gasteiger partial charge in [0.25, 0.3) is 0 Å². The smallest absolute Gasteiger partial charge is 0.307 e. The molecule has 0 saturated carbocycles. The van der Waals surface area contributed by atoms with Gasteiger partial charge < -0.3 is 9.84 Å². The van der Waals surface area contributed by atoms with Gasteiger partial charge in [0.15, 0.2) is 0 Å². The Morgan fingerprint density at radius 3 is 2.82 bits per heavy atom. The quantitative estimate of drug-likeness (QED) is 0.760. The van der Waals surface area contributed by atoms with Crippen LogP contribution in [0.2, 0.25) is 0 Å². The summed E-state index contributed by atoms with van der Waals surface area (Å²) in [6.07, 6.45) is 0. The van der Waals surface area contributed by atoms with Crippen molar-refractivity contribution in [1.82, 2.24) is 0 Å². The first-order valence-corrected chi connectivity index (χ1v) is 6.75. The van der Waals surface area contributed by atoms with Crippen LogP contribution in [-0.4, -0.2) is 29.2 Å².